The normalized spacial score (nSPS) is 18.8. The van der Waals surface area contributed by atoms with Crippen molar-refractivity contribution in [2.24, 2.45) is 0 Å². The van der Waals surface area contributed by atoms with Crippen molar-refractivity contribution in [3.63, 3.8) is 0 Å². The van der Waals surface area contributed by atoms with E-state index in [9.17, 15) is 13.2 Å². The van der Waals surface area contributed by atoms with Crippen molar-refractivity contribution in [1.82, 2.24) is 19.3 Å². The number of H-pyrrole nitrogens is 2. The number of benzene rings is 2. The van der Waals surface area contributed by atoms with Crippen LogP contribution in [0.5, 0.6) is 0 Å². The lowest BCUT2D eigenvalue weighted by molar-refractivity contribution is 0.310. The fourth-order valence-corrected chi connectivity index (χ4v) is 6.19. The molecule has 1 fully saturated rings. The molecule has 1 atom stereocenters. The van der Waals surface area contributed by atoms with Gasteiger partial charge < -0.3 is 9.97 Å². The summed E-state index contributed by atoms with van der Waals surface area (Å²) in [5.41, 5.74) is 2.52. The van der Waals surface area contributed by atoms with Gasteiger partial charge in [-0.2, -0.15) is 4.31 Å². The SMILES string of the molecule is O=c1[nH]c2ccc(S(=O)(=O)N3CCCC(c4nc5ccccc5[nH]4)C3)cc2s1. The number of hydrogen-bond donors (Lipinski definition) is 2. The van der Waals surface area contributed by atoms with Crippen molar-refractivity contribution in [2.45, 2.75) is 23.7 Å². The number of nitrogens with zero attached hydrogens (tertiary/aromatic N) is 2. The average Bonchev–Trinajstić information content (AvgIpc) is 3.29. The molecule has 0 amide bonds. The molecular formula is C19H18N4O3S2. The Morgan fingerprint density at radius 3 is 2.82 bits per heavy atom. The number of sulfonamides is 1. The topological polar surface area (TPSA) is 98.9 Å². The molecule has 4 aromatic rings. The first-order chi connectivity index (χ1) is 13.5. The van der Waals surface area contributed by atoms with E-state index >= 15 is 0 Å². The molecule has 0 spiro atoms. The number of piperidine rings is 1. The lowest BCUT2D eigenvalue weighted by atomic mass is 9.99. The van der Waals surface area contributed by atoms with Crippen LogP contribution in [0.4, 0.5) is 0 Å². The van der Waals surface area contributed by atoms with Gasteiger partial charge in [0, 0.05) is 19.0 Å². The molecule has 0 aliphatic carbocycles. The standard InChI is InChI=1S/C19H18N4O3S2/c24-19-22-16-8-7-13(10-17(16)27-19)28(25,26)23-9-3-4-12(11-23)18-20-14-5-1-2-6-15(14)21-18/h1-2,5-8,10,12H,3-4,9,11H2,(H,20,21)(H,22,24). The molecule has 9 heteroatoms. The highest BCUT2D eigenvalue weighted by Crippen LogP contribution is 2.31. The van der Waals surface area contributed by atoms with Gasteiger partial charge in [0.1, 0.15) is 5.82 Å². The Balaban J connectivity index is 1.46. The Kier molecular flexibility index (Phi) is 4.11. The van der Waals surface area contributed by atoms with Gasteiger partial charge in [-0.15, -0.1) is 0 Å². The second kappa shape index (κ2) is 6.54. The van der Waals surface area contributed by atoms with Crippen LogP contribution < -0.4 is 4.87 Å². The first kappa shape index (κ1) is 17.6. The molecule has 144 valence electrons. The first-order valence-electron chi connectivity index (χ1n) is 9.08. The Labute approximate surface area is 165 Å². The fourth-order valence-electron chi connectivity index (χ4n) is 3.79. The minimum Gasteiger partial charge on any atom is -0.342 e. The van der Waals surface area contributed by atoms with Gasteiger partial charge in [-0.05, 0) is 43.2 Å². The van der Waals surface area contributed by atoms with Gasteiger partial charge in [-0.1, -0.05) is 23.5 Å². The van der Waals surface area contributed by atoms with Crippen molar-refractivity contribution < 1.29 is 8.42 Å². The minimum absolute atomic E-state index is 0.0305. The summed E-state index contributed by atoms with van der Waals surface area (Å²) in [7, 11) is -3.63. The van der Waals surface area contributed by atoms with Crippen LogP contribution in [-0.2, 0) is 10.0 Å². The lowest BCUT2D eigenvalue weighted by Crippen LogP contribution is -2.39. The summed E-state index contributed by atoms with van der Waals surface area (Å²) in [5, 5.41) is 0. The van der Waals surface area contributed by atoms with E-state index in [1.54, 1.807) is 18.2 Å². The number of hydrogen-bond acceptors (Lipinski definition) is 5. The highest BCUT2D eigenvalue weighted by Gasteiger charge is 2.32. The second-order valence-corrected chi connectivity index (χ2v) is 9.97. The Morgan fingerprint density at radius 1 is 1.11 bits per heavy atom. The number of aromatic nitrogens is 3. The van der Waals surface area contributed by atoms with Gasteiger partial charge in [0.25, 0.3) is 0 Å². The van der Waals surface area contributed by atoms with Crippen molar-refractivity contribution in [3.8, 4) is 0 Å². The molecule has 2 aromatic carbocycles. The molecule has 5 rings (SSSR count). The van der Waals surface area contributed by atoms with Gasteiger partial charge >= 0.3 is 4.87 Å². The highest BCUT2D eigenvalue weighted by molar-refractivity contribution is 7.89. The molecule has 1 aliphatic heterocycles. The van der Waals surface area contributed by atoms with Crippen LogP contribution in [0, 0.1) is 0 Å². The van der Waals surface area contributed by atoms with Gasteiger partial charge in [-0.3, -0.25) is 4.79 Å². The summed E-state index contributed by atoms with van der Waals surface area (Å²) in [6.45, 7) is 0.879. The highest BCUT2D eigenvalue weighted by atomic mass is 32.2. The summed E-state index contributed by atoms with van der Waals surface area (Å²) >= 11 is 1.02. The third kappa shape index (κ3) is 2.95. The molecule has 0 bridgehead atoms. The van der Waals surface area contributed by atoms with Crippen molar-refractivity contribution >= 4 is 42.6 Å². The minimum atomic E-state index is -3.63. The van der Waals surface area contributed by atoms with E-state index in [1.165, 1.54) is 4.31 Å². The van der Waals surface area contributed by atoms with E-state index in [-0.39, 0.29) is 15.7 Å². The molecule has 2 aromatic heterocycles. The largest absolute Gasteiger partial charge is 0.342 e. The molecule has 0 radical (unpaired) electrons. The first-order valence-corrected chi connectivity index (χ1v) is 11.3. The Morgan fingerprint density at radius 2 is 1.96 bits per heavy atom. The van der Waals surface area contributed by atoms with Crippen LogP contribution in [-0.4, -0.2) is 40.8 Å². The van der Waals surface area contributed by atoms with Crippen LogP contribution in [0.2, 0.25) is 0 Å². The second-order valence-electron chi connectivity index (χ2n) is 7.01. The third-order valence-corrected chi connectivity index (χ3v) is 7.92. The van der Waals surface area contributed by atoms with Gasteiger partial charge in [0.2, 0.25) is 10.0 Å². The maximum absolute atomic E-state index is 13.2. The molecule has 2 N–H and O–H groups in total. The Hall–Kier alpha value is -2.49. The van der Waals surface area contributed by atoms with Crippen LogP contribution in [0.15, 0.2) is 52.2 Å². The van der Waals surface area contributed by atoms with E-state index < -0.39 is 10.0 Å². The predicted molar refractivity (Wildman–Crippen MR) is 109 cm³/mol. The zero-order valence-corrected chi connectivity index (χ0v) is 16.5. The van der Waals surface area contributed by atoms with E-state index in [0.717, 1.165) is 41.0 Å². The molecule has 28 heavy (non-hydrogen) atoms. The van der Waals surface area contributed by atoms with Crippen molar-refractivity contribution in [2.75, 3.05) is 13.1 Å². The summed E-state index contributed by atoms with van der Waals surface area (Å²) in [4.78, 5) is 22.2. The fraction of sp³-hybridized carbons (Fsp3) is 0.263. The van der Waals surface area contributed by atoms with Crippen molar-refractivity contribution in [1.29, 1.82) is 0 Å². The zero-order valence-electron chi connectivity index (χ0n) is 14.9. The molecule has 3 heterocycles. The number of para-hydroxylation sites is 2. The van der Waals surface area contributed by atoms with E-state index in [2.05, 4.69) is 15.0 Å². The third-order valence-electron chi connectivity index (χ3n) is 5.21. The van der Waals surface area contributed by atoms with Crippen LogP contribution >= 0.6 is 11.3 Å². The average molecular weight is 415 g/mol. The van der Waals surface area contributed by atoms with E-state index in [4.69, 9.17) is 0 Å². The Bertz CT molecular complexity index is 1300. The van der Waals surface area contributed by atoms with Gasteiger partial charge in [0.15, 0.2) is 0 Å². The van der Waals surface area contributed by atoms with Crippen LogP contribution in [0.1, 0.15) is 24.6 Å². The maximum atomic E-state index is 13.2. The van der Waals surface area contributed by atoms with Crippen LogP contribution in [0.3, 0.4) is 0 Å². The number of aromatic amines is 2. The quantitative estimate of drug-likeness (QED) is 0.538. The van der Waals surface area contributed by atoms with E-state index in [1.807, 2.05) is 24.3 Å². The molecule has 7 nitrogen and oxygen atoms in total. The molecule has 1 aliphatic rings. The zero-order chi connectivity index (χ0) is 19.3. The summed E-state index contributed by atoms with van der Waals surface area (Å²) < 4.78 is 28.6. The summed E-state index contributed by atoms with van der Waals surface area (Å²) in [6, 6.07) is 12.6. The number of nitrogens with one attached hydrogen (secondary N) is 2. The summed E-state index contributed by atoms with van der Waals surface area (Å²) in [5.74, 6) is 0.864. The van der Waals surface area contributed by atoms with Gasteiger partial charge in [0.05, 0.1) is 26.1 Å². The number of thiazole rings is 1. The number of imidazole rings is 1. The monoisotopic (exact) mass is 414 g/mol. The summed E-state index contributed by atoms with van der Waals surface area (Å²) in [6.07, 6.45) is 1.67. The van der Waals surface area contributed by atoms with Crippen LogP contribution in [0.25, 0.3) is 21.3 Å². The van der Waals surface area contributed by atoms with Crippen molar-refractivity contribution in [3.05, 3.63) is 58.0 Å². The number of fused-ring (bicyclic) bond motifs is 2. The maximum Gasteiger partial charge on any atom is 0.305 e. The van der Waals surface area contributed by atoms with Gasteiger partial charge in [-0.25, -0.2) is 13.4 Å². The molecule has 1 unspecified atom stereocenters. The smallest absolute Gasteiger partial charge is 0.305 e. The van der Waals surface area contributed by atoms with E-state index in [0.29, 0.717) is 23.3 Å². The molecular weight excluding hydrogens is 396 g/mol. The molecule has 1 saturated heterocycles. The number of rotatable bonds is 3. The lowest BCUT2D eigenvalue weighted by Gasteiger charge is -2.31. The molecule has 0 saturated carbocycles. The predicted octanol–water partition coefficient (Wildman–Crippen LogP) is 3.03.